The second-order valence-electron chi connectivity index (χ2n) is 4.54. The summed E-state index contributed by atoms with van der Waals surface area (Å²) in [6.07, 6.45) is 2.11. The fraction of sp³-hybridized carbons (Fsp3) is 0.538. The van der Waals surface area contributed by atoms with Gasteiger partial charge in [-0.15, -0.1) is 0 Å². The van der Waals surface area contributed by atoms with Crippen molar-refractivity contribution in [2.75, 3.05) is 39.3 Å². The highest BCUT2D eigenvalue weighted by molar-refractivity contribution is 5.93. The molecule has 1 aromatic rings. The molecule has 104 valence electrons. The molecular weight excluding hydrogens is 246 g/mol. The Hall–Kier alpha value is -1.66. The van der Waals surface area contributed by atoms with Gasteiger partial charge in [-0.3, -0.25) is 4.79 Å². The number of rotatable bonds is 5. The Morgan fingerprint density at radius 2 is 2.16 bits per heavy atom. The van der Waals surface area contributed by atoms with Crippen LogP contribution >= 0.6 is 0 Å². The van der Waals surface area contributed by atoms with Crippen LogP contribution in [0.1, 0.15) is 16.8 Å². The van der Waals surface area contributed by atoms with E-state index in [9.17, 15) is 9.59 Å². The molecule has 0 spiro atoms. The summed E-state index contributed by atoms with van der Waals surface area (Å²) in [4.78, 5) is 24.9. The number of nitrogens with zero attached hydrogens (tertiary/aromatic N) is 1. The van der Waals surface area contributed by atoms with Crippen molar-refractivity contribution in [1.29, 1.82) is 0 Å². The van der Waals surface area contributed by atoms with Crippen molar-refractivity contribution in [1.82, 2.24) is 15.5 Å². The third-order valence-electron chi connectivity index (χ3n) is 3.11. The van der Waals surface area contributed by atoms with E-state index in [-0.39, 0.29) is 5.91 Å². The van der Waals surface area contributed by atoms with Crippen LogP contribution in [-0.2, 0) is 0 Å². The van der Waals surface area contributed by atoms with Crippen LogP contribution in [0.5, 0.6) is 0 Å². The maximum Gasteiger partial charge on any atom is 0.335 e. The Morgan fingerprint density at radius 1 is 1.37 bits per heavy atom. The van der Waals surface area contributed by atoms with E-state index in [1.165, 1.54) is 18.4 Å². The smallest absolute Gasteiger partial charge is 0.335 e. The number of hydrogen-bond donors (Lipinski definition) is 2. The predicted octanol–water partition coefficient (Wildman–Crippen LogP) is -0.335. The first kappa shape index (κ1) is 13.8. The van der Waals surface area contributed by atoms with Crippen LogP contribution in [0.3, 0.4) is 0 Å². The average Bonchev–Trinajstić information content (AvgIpc) is 2.45. The fourth-order valence-electron chi connectivity index (χ4n) is 2.03. The van der Waals surface area contributed by atoms with Crippen LogP contribution < -0.4 is 16.3 Å². The van der Waals surface area contributed by atoms with Gasteiger partial charge in [-0.05, 0) is 19.0 Å². The van der Waals surface area contributed by atoms with E-state index in [1.54, 1.807) is 0 Å². The summed E-state index contributed by atoms with van der Waals surface area (Å²) in [5.74, 6) is -0.205. The van der Waals surface area contributed by atoms with E-state index in [1.807, 2.05) is 0 Å². The molecule has 6 heteroatoms. The van der Waals surface area contributed by atoms with Gasteiger partial charge in [0.1, 0.15) is 6.26 Å². The molecule has 0 aliphatic carbocycles. The number of carbonyl (C=O) groups excluding carboxylic acids is 1. The molecular formula is C13H19N3O3. The highest BCUT2D eigenvalue weighted by atomic mass is 16.4. The minimum atomic E-state index is -0.449. The summed E-state index contributed by atoms with van der Waals surface area (Å²) in [6.45, 7) is 5.83. The third kappa shape index (κ3) is 4.50. The van der Waals surface area contributed by atoms with Gasteiger partial charge >= 0.3 is 5.63 Å². The van der Waals surface area contributed by atoms with E-state index < -0.39 is 5.63 Å². The van der Waals surface area contributed by atoms with Crippen molar-refractivity contribution >= 4 is 5.91 Å². The quantitative estimate of drug-likeness (QED) is 0.713. The van der Waals surface area contributed by atoms with Gasteiger partial charge in [-0.2, -0.15) is 0 Å². The van der Waals surface area contributed by atoms with Crippen LogP contribution in [0.15, 0.2) is 27.6 Å². The monoisotopic (exact) mass is 265 g/mol. The van der Waals surface area contributed by atoms with Crippen molar-refractivity contribution in [3.8, 4) is 0 Å². The van der Waals surface area contributed by atoms with E-state index in [4.69, 9.17) is 0 Å². The maximum absolute atomic E-state index is 11.7. The summed E-state index contributed by atoms with van der Waals surface area (Å²) in [7, 11) is 0. The molecule has 6 nitrogen and oxygen atoms in total. The van der Waals surface area contributed by atoms with E-state index >= 15 is 0 Å². The Kier molecular flexibility index (Phi) is 5.11. The van der Waals surface area contributed by atoms with E-state index in [0.29, 0.717) is 12.1 Å². The maximum atomic E-state index is 11.7. The molecule has 2 N–H and O–H groups in total. The van der Waals surface area contributed by atoms with Gasteiger partial charge in [0.25, 0.3) is 5.91 Å². The first-order valence-corrected chi connectivity index (χ1v) is 6.56. The SMILES string of the molecule is O=C(NCCCN1CCNCC1)c1ccc(=O)oc1. The highest BCUT2D eigenvalue weighted by Gasteiger charge is 2.09. The normalized spacial score (nSPS) is 16.2. The number of carbonyl (C=O) groups is 1. The molecule has 1 aliphatic rings. The number of amides is 1. The molecule has 1 amide bonds. The molecule has 1 fully saturated rings. The van der Waals surface area contributed by atoms with Crippen molar-refractivity contribution in [2.45, 2.75) is 6.42 Å². The number of hydrogen-bond acceptors (Lipinski definition) is 5. The van der Waals surface area contributed by atoms with Crippen molar-refractivity contribution in [3.63, 3.8) is 0 Å². The van der Waals surface area contributed by atoms with Crippen LogP contribution in [0.25, 0.3) is 0 Å². The Labute approximate surface area is 111 Å². The Balaban J connectivity index is 1.66. The molecule has 2 rings (SSSR count). The summed E-state index contributed by atoms with van der Waals surface area (Å²) < 4.78 is 4.65. The zero-order chi connectivity index (χ0) is 13.5. The van der Waals surface area contributed by atoms with E-state index in [0.717, 1.165) is 39.1 Å². The molecule has 0 aromatic carbocycles. The summed E-state index contributed by atoms with van der Waals surface area (Å²) >= 11 is 0. The Bertz CT molecular complexity index is 446. The second kappa shape index (κ2) is 7.06. The molecule has 1 aromatic heterocycles. The molecule has 2 heterocycles. The molecule has 0 unspecified atom stereocenters. The van der Waals surface area contributed by atoms with Crippen molar-refractivity contribution in [3.05, 3.63) is 34.4 Å². The lowest BCUT2D eigenvalue weighted by molar-refractivity contribution is 0.0949. The molecule has 0 radical (unpaired) electrons. The Morgan fingerprint density at radius 3 is 2.84 bits per heavy atom. The molecule has 1 aliphatic heterocycles. The lowest BCUT2D eigenvalue weighted by Gasteiger charge is -2.27. The van der Waals surface area contributed by atoms with E-state index in [2.05, 4.69) is 20.0 Å². The molecule has 1 saturated heterocycles. The fourth-order valence-corrected chi connectivity index (χ4v) is 2.03. The number of piperazine rings is 1. The van der Waals surface area contributed by atoms with Gasteiger partial charge in [0.15, 0.2) is 0 Å². The molecule has 0 bridgehead atoms. The largest absolute Gasteiger partial charge is 0.430 e. The standard InChI is InChI=1S/C13H19N3O3/c17-12-3-2-11(10-19-12)13(18)15-4-1-7-16-8-5-14-6-9-16/h2-3,10,14H,1,4-9H2,(H,15,18). The zero-order valence-electron chi connectivity index (χ0n) is 10.9. The van der Waals surface area contributed by atoms with Crippen LogP contribution in [0.4, 0.5) is 0 Å². The molecule has 19 heavy (non-hydrogen) atoms. The topological polar surface area (TPSA) is 74.6 Å². The van der Waals surface area contributed by atoms with Gasteiger partial charge < -0.3 is 20.0 Å². The van der Waals surface area contributed by atoms with Crippen molar-refractivity contribution in [2.24, 2.45) is 0 Å². The summed E-state index contributed by atoms with van der Waals surface area (Å²) in [5, 5.41) is 6.12. The first-order chi connectivity index (χ1) is 9.25. The number of nitrogens with one attached hydrogen (secondary N) is 2. The predicted molar refractivity (Wildman–Crippen MR) is 71.2 cm³/mol. The highest BCUT2D eigenvalue weighted by Crippen LogP contribution is 1.96. The minimum Gasteiger partial charge on any atom is -0.430 e. The molecule has 0 atom stereocenters. The van der Waals surface area contributed by atoms with Gasteiger partial charge in [-0.25, -0.2) is 4.79 Å². The van der Waals surface area contributed by atoms with Crippen molar-refractivity contribution < 1.29 is 9.21 Å². The van der Waals surface area contributed by atoms with Crippen LogP contribution in [0, 0.1) is 0 Å². The molecule has 0 saturated carbocycles. The lowest BCUT2D eigenvalue weighted by Crippen LogP contribution is -2.44. The minimum absolute atomic E-state index is 0.205. The van der Waals surface area contributed by atoms with Gasteiger partial charge in [0.2, 0.25) is 0 Å². The summed E-state index contributed by atoms with van der Waals surface area (Å²) in [5.41, 5.74) is -0.0722. The average molecular weight is 265 g/mol. The van der Waals surface area contributed by atoms with Gasteiger partial charge in [0, 0.05) is 38.8 Å². The third-order valence-corrected chi connectivity index (χ3v) is 3.11. The lowest BCUT2D eigenvalue weighted by atomic mass is 10.2. The summed E-state index contributed by atoms with van der Waals surface area (Å²) in [6, 6.07) is 2.72. The van der Waals surface area contributed by atoms with Gasteiger partial charge in [-0.1, -0.05) is 0 Å². The zero-order valence-corrected chi connectivity index (χ0v) is 10.9. The van der Waals surface area contributed by atoms with Crippen LogP contribution in [0.2, 0.25) is 0 Å². The second-order valence-corrected chi connectivity index (χ2v) is 4.54. The van der Waals surface area contributed by atoms with Crippen LogP contribution in [-0.4, -0.2) is 50.1 Å². The first-order valence-electron chi connectivity index (χ1n) is 6.56. The van der Waals surface area contributed by atoms with Gasteiger partial charge in [0.05, 0.1) is 5.56 Å².